The van der Waals surface area contributed by atoms with Crippen LogP contribution in [0.25, 0.3) is 11.0 Å². The van der Waals surface area contributed by atoms with Gasteiger partial charge in [0.05, 0.1) is 18.4 Å². The van der Waals surface area contributed by atoms with Crippen molar-refractivity contribution in [2.24, 2.45) is 5.92 Å². The Balaban J connectivity index is 2.05. The molecule has 6 heteroatoms. The van der Waals surface area contributed by atoms with E-state index in [0.29, 0.717) is 25.7 Å². The molecule has 0 atom stereocenters. The number of hydrogen-bond acceptors (Lipinski definition) is 4. The first-order valence-electron chi connectivity index (χ1n) is 14.9. The van der Waals surface area contributed by atoms with Gasteiger partial charge in [-0.15, -0.1) is 0 Å². The Kier molecular flexibility index (Phi) is 10.2. The molecule has 0 fully saturated rings. The zero-order valence-electron chi connectivity index (χ0n) is 27.3. The van der Waals surface area contributed by atoms with Gasteiger partial charge in [0.1, 0.15) is 17.9 Å². The number of ether oxygens (including phenoxy) is 1. The summed E-state index contributed by atoms with van der Waals surface area (Å²) in [5.74, 6) is 1.41. The Bertz CT molecular complexity index is 1240. The Labute approximate surface area is 246 Å². The quantitative estimate of drug-likeness (QED) is 0.199. The lowest BCUT2D eigenvalue weighted by atomic mass is 9.96. The fourth-order valence-electron chi connectivity index (χ4n) is 4.26. The lowest BCUT2D eigenvalue weighted by Crippen LogP contribution is -2.41. The minimum atomic E-state index is -2.00. The van der Waals surface area contributed by atoms with E-state index < -0.39 is 16.6 Å². The Hall–Kier alpha value is -1.87. The van der Waals surface area contributed by atoms with Gasteiger partial charge < -0.3 is 18.0 Å². The Morgan fingerprint density at radius 3 is 1.98 bits per heavy atom. The fraction of sp³-hybridized carbons (Fsp3) is 0.588. The average Bonchev–Trinajstić information content (AvgIpc) is 3.22. The van der Waals surface area contributed by atoms with Crippen molar-refractivity contribution in [3.05, 3.63) is 64.9 Å². The van der Waals surface area contributed by atoms with Crippen molar-refractivity contribution in [2.45, 2.75) is 118 Å². The summed E-state index contributed by atoms with van der Waals surface area (Å²) in [6, 6.07) is 12.7. The number of furan rings is 1. The van der Waals surface area contributed by atoms with Crippen LogP contribution in [0.15, 0.2) is 47.1 Å². The van der Waals surface area contributed by atoms with Crippen molar-refractivity contribution in [2.75, 3.05) is 6.61 Å². The van der Waals surface area contributed by atoms with Gasteiger partial charge in [-0.1, -0.05) is 85.7 Å². The molecule has 0 bridgehead atoms. The molecule has 0 aliphatic carbocycles. The van der Waals surface area contributed by atoms with Crippen molar-refractivity contribution >= 4 is 27.6 Å². The zero-order valence-corrected chi connectivity index (χ0v) is 29.3. The highest BCUT2D eigenvalue weighted by Crippen LogP contribution is 2.42. The van der Waals surface area contributed by atoms with Crippen LogP contribution in [0, 0.1) is 5.92 Å². The van der Waals surface area contributed by atoms with Gasteiger partial charge in [0.15, 0.2) is 16.6 Å². The molecule has 0 aliphatic rings. The molecule has 1 heterocycles. The smallest absolute Gasteiger partial charge is 0.192 e. The van der Waals surface area contributed by atoms with E-state index in [9.17, 15) is 0 Å². The second-order valence-corrected chi connectivity index (χ2v) is 24.4. The van der Waals surface area contributed by atoms with E-state index in [1.54, 1.807) is 0 Å². The van der Waals surface area contributed by atoms with E-state index >= 15 is 0 Å². The molecular weight excluding hydrogens is 529 g/mol. The monoisotopic (exact) mass is 582 g/mol. The third-order valence-electron chi connectivity index (χ3n) is 8.95. The molecule has 4 nitrogen and oxygen atoms in total. The first-order chi connectivity index (χ1) is 18.4. The second kappa shape index (κ2) is 12.6. The molecule has 1 aromatic heterocycles. The van der Waals surface area contributed by atoms with Crippen molar-refractivity contribution in [3.8, 4) is 5.75 Å². The van der Waals surface area contributed by atoms with Gasteiger partial charge in [0, 0.05) is 17.6 Å². The molecule has 0 amide bonds. The summed E-state index contributed by atoms with van der Waals surface area (Å²) in [6.45, 7) is 29.2. The first kappa shape index (κ1) is 32.6. The largest absolute Gasteiger partial charge is 0.488 e. The zero-order chi connectivity index (χ0) is 29.9. The predicted molar refractivity (Wildman–Crippen MR) is 174 cm³/mol. The standard InChI is InChI=1S/C34H54O4Si2/c1-25(2)20-28-21-29-27(18-19-37-39(9,10)33(3,4)5)23-36-32(29)30(24-38-40(11,12)34(6,7)8)31(28)35-22-26-16-14-13-15-17-26/h13-17,21,23,25H,18-20,22,24H2,1-12H3. The fourth-order valence-corrected chi connectivity index (χ4v) is 6.24. The highest BCUT2D eigenvalue weighted by atomic mass is 28.4. The number of benzene rings is 2. The molecule has 3 rings (SSSR count). The summed E-state index contributed by atoms with van der Waals surface area (Å²) in [5, 5.41) is 1.47. The third kappa shape index (κ3) is 7.90. The lowest BCUT2D eigenvalue weighted by Gasteiger charge is -2.36. The number of rotatable bonds is 12. The summed E-state index contributed by atoms with van der Waals surface area (Å²) in [4.78, 5) is 0. The minimum absolute atomic E-state index is 0.113. The first-order valence-corrected chi connectivity index (χ1v) is 20.7. The maximum Gasteiger partial charge on any atom is 0.192 e. The van der Waals surface area contributed by atoms with E-state index in [4.69, 9.17) is 18.0 Å². The normalized spacial score (nSPS) is 13.4. The maximum atomic E-state index is 6.79. The van der Waals surface area contributed by atoms with Crippen LogP contribution in [-0.4, -0.2) is 23.2 Å². The van der Waals surface area contributed by atoms with E-state index in [2.05, 4.69) is 112 Å². The SMILES string of the molecule is CC(C)Cc1cc2c(CCO[Si](C)(C)C(C)(C)C)coc2c(CO[Si](C)(C)C(C)(C)C)c1OCc1ccccc1. The van der Waals surface area contributed by atoms with E-state index in [1.165, 1.54) is 11.1 Å². The number of fused-ring (bicyclic) bond motifs is 1. The predicted octanol–water partition coefficient (Wildman–Crippen LogP) is 10.3. The van der Waals surface area contributed by atoms with Gasteiger partial charge in [-0.25, -0.2) is 0 Å². The number of hydrogen-bond donors (Lipinski definition) is 0. The summed E-state index contributed by atoms with van der Waals surface area (Å²) < 4.78 is 26.3. The van der Waals surface area contributed by atoms with Gasteiger partial charge >= 0.3 is 0 Å². The minimum Gasteiger partial charge on any atom is -0.488 e. The van der Waals surface area contributed by atoms with Gasteiger partial charge in [-0.3, -0.25) is 0 Å². The Morgan fingerprint density at radius 1 is 0.800 bits per heavy atom. The molecule has 0 saturated carbocycles. The molecule has 40 heavy (non-hydrogen) atoms. The van der Waals surface area contributed by atoms with Crippen LogP contribution < -0.4 is 4.74 Å². The average molecular weight is 583 g/mol. The van der Waals surface area contributed by atoms with Gasteiger partial charge in [-0.05, 0) is 72.2 Å². The van der Waals surface area contributed by atoms with Crippen LogP contribution in [0.3, 0.4) is 0 Å². The molecule has 0 unspecified atom stereocenters. The van der Waals surface area contributed by atoms with Crippen molar-refractivity contribution in [3.63, 3.8) is 0 Å². The molecule has 0 aliphatic heterocycles. The van der Waals surface area contributed by atoms with Gasteiger partial charge in [-0.2, -0.15) is 0 Å². The molecule has 0 spiro atoms. The lowest BCUT2D eigenvalue weighted by molar-refractivity contribution is 0.255. The third-order valence-corrected chi connectivity index (χ3v) is 18.0. The Morgan fingerprint density at radius 2 is 1.40 bits per heavy atom. The van der Waals surface area contributed by atoms with Crippen LogP contribution in [0.5, 0.6) is 5.75 Å². The summed E-state index contributed by atoms with van der Waals surface area (Å²) in [5.41, 5.74) is 5.49. The van der Waals surface area contributed by atoms with E-state index in [-0.39, 0.29) is 10.1 Å². The molecule has 0 saturated heterocycles. The van der Waals surface area contributed by atoms with Crippen molar-refractivity contribution < 1.29 is 18.0 Å². The maximum absolute atomic E-state index is 6.79. The van der Waals surface area contributed by atoms with Gasteiger partial charge in [0.25, 0.3) is 0 Å². The highest BCUT2D eigenvalue weighted by molar-refractivity contribution is 6.74. The topological polar surface area (TPSA) is 40.8 Å². The summed E-state index contributed by atoms with van der Waals surface area (Å²) >= 11 is 0. The second-order valence-electron chi connectivity index (χ2n) is 14.8. The van der Waals surface area contributed by atoms with Crippen molar-refractivity contribution in [1.82, 2.24) is 0 Å². The van der Waals surface area contributed by atoms with Crippen LogP contribution in [0.1, 0.15) is 77.6 Å². The van der Waals surface area contributed by atoms with Crippen LogP contribution in [0.4, 0.5) is 0 Å². The highest BCUT2D eigenvalue weighted by Gasteiger charge is 2.38. The summed E-state index contributed by atoms with van der Waals surface area (Å²) in [6.07, 6.45) is 3.68. The van der Waals surface area contributed by atoms with E-state index in [1.807, 2.05) is 12.3 Å². The molecule has 0 radical (unpaired) electrons. The summed E-state index contributed by atoms with van der Waals surface area (Å²) in [7, 11) is -3.82. The molecule has 2 aromatic carbocycles. The van der Waals surface area contributed by atoms with Crippen LogP contribution in [-0.2, 0) is 34.9 Å². The van der Waals surface area contributed by atoms with Crippen LogP contribution >= 0.6 is 0 Å². The molecular formula is C34H54O4Si2. The van der Waals surface area contributed by atoms with Gasteiger partial charge in [0.2, 0.25) is 0 Å². The molecule has 222 valence electrons. The molecule has 3 aromatic rings. The van der Waals surface area contributed by atoms with E-state index in [0.717, 1.165) is 40.7 Å². The molecule has 0 N–H and O–H groups in total. The van der Waals surface area contributed by atoms with Crippen molar-refractivity contribution in [1.29, 1.82) is 0 Å². The van der Waals surface area contributed by atoms with Crippen LogP contribution in [0.2, 0.25) is 36.3 Å².